The van der Waals surface area contributed by atoms with Crippen LogP contribution in [0.5, 0.6) is 0 Å². The monoisotopic (exact) mass is 330 g/mol. The van der Waals surface area contributed by atoms with Crippen molar-refractivity contribution in [1.82, 2.24) is 20.8 Å². The number of ether oxygens (including phenoxy) is 1. The Morgan fingerprint density at radius 1 is 1.38 bits per heavy atom. The van der Waals surface area contributed by atoms with Crippen LogP contribution in [0, 0.1) is 5.41 Å². The van der Waals surface area contributed by atoms with E-state index in [2.05, 4.69) is 20.8 Å². The van der Waals surface area contributed by atoms with E-state index in [4.69, 9.17) is 9.26 Å². The maximum Gasteiger partial charge on any atom is 0.289 e. The van der Waals surface area contributed by atoms with E-state index in [0.717, 1.165) is 25.9 Å². The molecule has 2 aromatic rings. The van der Waals surface area contributed by atoms with Crippen molar-refractivity contribution >= 4 is 5.91 Å². The Kier molecular flexibility index (Phi) is 5.22. The maximum atomic E-state index is 12.4. The molecule has 0 atom stereocenters. The van der Waals surface area contributed by atoms with Gasteiger partial charge in [0, 0.05) is 31.3 Å². The molecule has 3 rings (SSSR count). The van der Waals surface area contributed by atoms with Crippen molar-refractivity contribution < 1.29 is 14.1 Å². The van der Waals surface area contributed by atoms with Crippen LogP contribution in [-0.4, -0.2) is 49.4 Å². The number of hydrogen-bond acceptors (Lipinski definition) is 6. The molecule has 7 nitrogen and oxygen atoms in total. The van der Waals surface area contributed by atoms with Gasteiger partial charge in [0.2, 0.25) is 5.76 Å². The van der Waals surface area contributed by atoms with Gasteiger partial charge in [0.25, 0.3) is 5.91 Å². The molecule has 3 heterocycles. The number of hydrogen-bond donors (Lipinski definition) is 2. The third-order valence-electron chi connectivity index (χ3n) is 4.40. The minimum absolute atomic E-state index is 0.0283. The minimum Gasteiger partial charge on any atom is -0.384 e. The molecule has 0 aromatic carbocycles. The normalized spacial score (nSPS) is 16.7. The number of nitrogens with zero attached hydrogens (tertiary/aromatic N) is 2. The second-order valence-corrected chi connectivity index (χ2v) is 6.16. The largest absolute Gasteiger partial charge is 0.384 e. The zero-order valence-corrected chi connectivity index (χ0v) is 13.7. The fourth-order valence-corrected chi connectivity index (χ4v) is 3.01. The average Bonchev–Trinajstić information content (AvgIpc) is 3.12. The standard InChI is InChI=1S/C17H22N4O3/c1-23-12-17(5-8-18-9-6-17)11-20-16(22)15-10-14(21-24-15)13-4-2-3-7-19-13/h2-4,7,10,18H,5-6,8-9,11-12H2,1H3,(H,20,22). The number of piperidine rings is 1. The molecule has 7 heteroatoms. The lowest BCUT2D eigenvalue weighted by Gasteiger charge is -2.37. The molecule has 1 aliphatic heterocycles. The SMILES string of the molecule is COCC1(CNC(=O)c2cc(-c3ccccn3)no2)CCNCC1. The lowest BCUT2D eigenvalue weighted by Crippen LogP contribution is -2.47. The number of carbonyl (C=O) groups excluding carboxylic acids is 1. The van der Waals surface area contributed by atoms with E-state index in [1.165, 1.54) is 0 Å². The fourth-order valence-electron chi connectivity index (χ4n) is 3.01. The summed E-state index contributed by atoms with van der Waals surface area (Å²) in [6, 6.07) is 7.12. The lowest BCUT2D eigenvalue weighted by molar-refractivity contribution is 0.0504. The highest BCUT2D eigenvalue weighted by Crippen LogP contribution is 2.28. The zero-order chi connectivity index (χ0) is 16.8. The van der Waals surface area contributed by atoms with Crippen LogP contribution in [0.15, 0.2) is 35.0 Å². The summed E-state index contributed by atoms with van der Waals surface area (Å²) in [6.45, 7) is 3.06. The highest BCUT2D eigenvalue weighted by atomic mass is 16.5. The van der Waals surface area contributed by atoms with Crippen molar-refractivity contribution in [2.24, 2.45) is 5.41 Å². The Morgan fingerprint density at radius 3 is 2.92 bits per heavy atom. The van der Waals surface area contributed by atoms with E-state index < -0.39 is 0 Å². The first-order chi connectivity index (χ1) is 11.7. The molecule has 0 radical (unpaired) electrons. The van der Waals surface area contributed by atoms with Crippen LogP contribution < -0.4 is 10.6 Å². The first kappa shape index (κ1) is 16.6. The van der Waals surface area contributed by atoms with Crippen molar-refractivity contribution in [3.8, 4) is 11.4 Å². The van der Waals surface area contributed by atoms with E-state index in [0.29, 0.717) is 24.5 Å². The van der Waals surface area contributed by atoms with Gasteiger partial charge in [0.05, 0.1) is 12.3 Å². The summed E-state index contributed by atoms with van der Waals surface area (Å²) in [5, 5.41) is 10.2. The number of rotatable bonds is 6. The molecule has 128 valence electrons. The van der Waals surface area contributed by atoms with Crippen molar-refractivity contribution in [2.75, 3.05) is 33.4 Å². The van der Waals surface area contributed by atoms with E-state index >= 15 is 0 Å². The Bertz CT molecular complexity index is 660. The van der Waals surface area contributed by atoms with Gasteiger partial charge in [-0.3, -0.25) is 9.78 Å². The van der Waals surface area contributed by atoms with Gasteiger partial charge in [-0.25, -0.2) is 0 Å². The molecule has 1 saturated heterocycles. The number of carbonyl (C=O) groups is 1. The summed E-state index contributed by atoms with van der Waals surface area (Å²) in [5.41, 5.74) is 1.20. The molecule has 2 aromatic heterocycles. The zero-order valence-electron chi connectivity index (χ0n) is 13.7. The van der Waals surface area contributed by atoms with Gasteiger partial charge in [0.1, 0.15) is 5.69 Å². The summed E-state index contributed by atoms with van der Waals surface area (Å²) < 4.78 is 10.5. The quantitative estimate of drug-likeness (QED) is 0.834. The fraction of sp³-hybridized carbons (Fsp3) is 0.471. The molecule has 2 N–H and O–H groups in total. The molecule has 24 heavy (non-hydrogen) atoms. The summed E-state index contributed by atoms with van der Waals surface area (Å²) in [5.74, 6) is -0.0733. The van der Waals surface area contributed by atoms with Gasteiger partial charge in [-0.2, -0.15) is 0 Å². The van der Waals surface area contributed by atoms with Crippen LogP contribution in [0.3, 0.4) is 0 Å². The Labute approximate surface area is 140 Å². The summed E-state index contributed by atoms with van der Waals surface area (Å²) >= 11 is 0. The molecule has 1 fully saturated rings. The van der Waals surface area contributed by atoms with Crippen molar-refractivity contribution in [3.05, 3.63) is 36.2 Å². The molecule has 0 bridgehead atoms. The summed E-state index contributed by atoms with van der Waals surface area (Å²) in [7, 11) is 1.70. The van der Waals surface area contributed by atoms with Crippen LogP contribution in [0.1, 0.15) is 23.4 Å². The Morgan fingerprint density at radius 2 is 2.21 bits per heavy atom. The molecular weight excluding hydrogens is 308 g/mol. The van der Waals surface area contributed by atoms with Crippen LogP contribution in [0.4, 0.5) is 0 Å². The van der Waals surface area contributed by atoms with Crippen LogP contribution in [0.25, 0.3) is 11.4 Å². The minimum atomic E-state index is -0.265. The predicted molar refractivity (Wildman–Crippen MR) is 88.5 cm³/mol. The topological polar surface area (TPSA) is 89.3 Å². The van der Waals surface area contributed by atoms with Gasteiger partial charge in [-0.15, -0.1) is 0 Å². The number of aromatic nitrogens is 2. The van der Waals surface area contributed by atoms with Crippen LogP contribution in [0.2, 0.25) is 0 Å². The van der Waals surface area contributed by atoms with E-state index in [1.54, 1.807) is 19.4 Å². The van der Waals surface area contributed by atoms with Crippen molar-refractivity contribution in [2.45, 2.75) is 12.8 Å². The average molecular weight is 330 g/mol. The van der Waals surface area contributed by atoms with E-state index in [-0.39, 0.29) is 17.1 Å². The number of methoxy groups -OCH3 is 1. The number of pyridine rings is 1. The van der Waals surface area contributed by atoms with E-state index in [9.17, 15) is 4.79 Å². The van der Waals surface area contributed by atoms with Crippen LogP contribution in [-0.2, 0) is 4.74 Å². The second kappa shape index (κ2) is 7.55. The van der Waals surface area contributed by atoms with Crippen LogP contribution >= 0.6 is 0 Å². The molecule has 0 spiro atoms. The molecule has 1 amide bonds. The van der Waals surface area contributed by atoms with Gasteiger partial charge >= 0.3 is 0 Å². The van der Waals surface area contributed by atoms with Gasteiger partial charge in [0.15, 0.2) is 0 Å². The molecule has 0 aliphatic carbocycles. The van der Waals surface area contributed by atoms with Gasteiger partial charge < -0.3 is 19.9 Å². The molecule has 1 aliphatic rings. The lowest BCUT2D eigenvalue weighted by atomic mass is 9.79. The van der Waals surface area contributed by atoms with Crippen molar-refractivity contribution in [3.63, 3.8) is 0 Å². The second-order valence-electron chi connectivity index (χ2n) is 6.16. The molecular formula is C17H22N4O3. The summed E-state index contributed by atoms with van der Waals surface area (Å²) in [4.78, 5) is 16.6. The molecule has 0 saturated carbocycles. The highest BCUT2D eigenvalue weighted by Gasteiger charge is 2.33. The maximum absolute atomic E-state index is 12.4. The molecule has 0 unspecified atom stereocenters. The highest BCUT2D eigenvalue weighted by molar-refractivity contribution is 5.92. The third-order valence-corrected chi connectivity index (χ3v) is 4.40. The van der Waals surface area contributed by atoms with Crippen molar-refractivity contribution in [1.29, 1.82) is 0 Å². The first-order valence-electron chi connectivity index (χ1n) is 8.08. The third kappa shape index (κ3) is 3.80. The number of amides is 1. The van der Waals surface area contributed by atoms with E-state index in [1.807, 2.05) is 18.2 Å². The predicted octanol–water partition coefficient (Wildman–Crippen LogP) is 1.48. The first-order valence-corrected chi connectivity index (χ1v) is 8.08. The van der Waals surface area contributed by atoms with Gasteiger partial charge in [-0.1, -0.05) is 11.2 Å². The Balaban J connectivity index is 1.63. The Hall–Kier alpha value is -2.25. The smallest absolute Gasteiger partial charge is 0.289 e. The summed E-state index contributed by atoms with van der Waals surface area (Å²) in [6.07, 6.45) is 3.61. The number of nitrogens with one attached hydrogen (secondary N) is 2. The van der Waals surface area contributed by atoms with Gasteiger partial charge in [-0.05, 0) is 38.1 Å².